The molecule has 1 aromatic carbocycles. The lowest BCUT2D eigenvalue weighted by molar-refractivity contribution is -0.141. The van der Waals surface area contributed by atoms with Gasteiger partial charge in [-0.05, 0) is 47.7 Å². The molecule has 0 fully saturated rings. The monoisotopic (exact) mass is 525 g/mol. The van der Waals surface area contributed by atoms with Gasteiger partial charge in [0.25, 0.3) is 0 Å². The van der Waals surface area contributed by atoms with Crippen molar-refractivity contribution in [1.29, 1.82) is 0 Å². The predicted molar refractivity (Wildman–Crippen MR) is 131 cm³/mol. The summed E-state index contributed by atoms with van der Waals surface area (Å²) in [5, 5.41) is 2.60. The van der Waals surface area contributed by atoms with Gasteiger partial charge in [0.05, 0.1) is 17.5 Å². The number of aryl methyl sites for hydroxylation is 1. The second-order valence-corrected chi connectivity index (χ2v) is 9.84. The number of carbonyl (C=O) groups is 1. The van der Waals surface area contributed by atoms with Crippen LogP contribution >= 0.6 is 0 Å². The van der Waals surface area contributed by atoms with Crippen LogP contribution in [-0.2, 0) is 34.0 Å². The molecule has 11 heteroatoms. The predicted octanol–water partition coefficient (Wildman–Crippen LogP) is 5.04. The normalized spacial score (nSPS) is 12.2. The van der Waals surface area contributed by atoms with E-state index in [1.54, 1.807) is 0 Å². The molecular formula is C25H27F4N3O3S. The topological polar surface area (TPSA) is 88.2 Å². The Labute approximate surface area is 208 Å². The van der Waals surface area contributed by atoms with Crippen LogP contribution < -0.4 is 10.0 Å². The van der Waals surface area contributed by atoms with Crippen LogP contribution in [0.2, 0.25) is 0 Å². The van der Waals surface area contributed by atoms with Gasteiger partial charge in [-0.15, -0.1) is 6.42 Å². The van der Waals surface area contributed by atoms with E-state index >= 15 is 0 Å². The van der Waals surface area contributed by atoms with Crippen LogP contribution in [-0.4, -0.2) is 25.6 Å². The van der Waals surface area contributed by atoms with E-state index in [0.29, 0.717) is 42.4 Å². The molecule has 2 aromatic rings. The molecule has 0 saturated heterocycles. The fraction of sp³-hybridized carbons (Fsp3) is 0.360. The SMILES string of the molecule is C#Cc1cc(CNC(=O)/C=C(\CCC)c2ccc(C(F)(F)F)nc2CCC)cc(F)c1NS(C)(=O)=O. The summed E-state index contributed by atoms with van der Waals surface area (Å²) in [4.78, 5) is 16.4. The number of halogens is 4. The van der Waals surface area contributed by atoms with Gasteiger partial charge < -0.3 is 5.32 Å². The number of alkyl halides is 3. The van der Waals surface area contributed by atoms with Gasteiger partial charge in [-0.25, -0.2) is 17.8 Å². The van der Waals surface area contributed by atoms with Crippen LogP contribution in [0, 0.1) is 18.2 Å². The molecule has 2 rings (SSSR count). The van der Waals surface area contributed by atoms with Gasteiger partial charge >= 0.3 is 6.18 Å². The Morgan fingerprint density at radius 2 is 1.89 bits per heavy atom. The minimum Gasteiger partial charge on any atom is -0.348 e. The number of rotatable bonds is 10. The highest BCUT2D eigenvalue weighted by atomic mass is 32.2. The fourth-order valence-corrected chi connectivity index (χ4v) is 4.08. The molecule has 0 atom stereocenters. The molecule has 0 unspecified atom stereocenters. The highest BCUT2D eigenvalue weighted by Gasteiger charge is 2.33. The molecule has 0 saturated carbocycles. The van der Waals surface area contributed by atoms with Crippen molar-refractivity contribution in [2.45, 2.75) is 52.3 Å². The Hall–Kier alpha value is -3.39. The minimum atomic E-state index is -4.58. The molecular weight excluding hydrogens is 498 g/mol. The Bertz CT molecular complexity index is 1300. The van der Waals surface area contributed by atoms with Crippen LogP contribution in [0.5, 0.6) is 0 Å². The number of carbonyl (C=O) groups excluding carboxylic acids is 1. The number of terminal acetylenes is 1. The molecule has 194 valence electrons. The summed E-state index contributed by atoms with van der Waals surface area (Å²) in [6.07, 6.45) is 4.90. The maximum Gasteiger partial charge on any atom is 0.433 e. The number of pyridine rings is 1. The number of sulfonamides is 1. The number of anilines is 1. The molecule has 36 heavy (non-hydrogen) atoms. The van der Waals surface area contributed by atoms with E-state index in [2.05, 4.69) is 16.2 Å². The Kier molecular flexibility index (Phi) is 9.64. The summed E-state index contributed by atoms with van der Waals surface area (Å²) in [6, 6.07) is 4.64. The van der Waals surface area contributed by atoms with Crippen LogP contribution in [0.4, 0.5) is 23.2 Å². The Morgan fingerprint density at radius 3 is 2.44 bits per heavy atom. The first-order valence-corrected chi connectivity index (χ1v) is 13.0. The van der Waals surface area contributed by atoms with E-state index in [1.807, 2.05) is 18.6 Å². The molecule has 0 aliphatic heterocycles. The molecule has 0 radical (unpaired) electrons. The lowest BCUT2D eigenvalue weighted by atomic mass is 9.96. The molecule has 2 N–H and O–H groups in total. The summed E-state index contributed by atoms with van der Waals surface area (Å²) in [7, 11) is -3.77. The first-order chi connectivity index (χ1) is 16.8. The van der Waals surface area contributed by atoms with Crippen molar-refractivity contribution in [2.75, 3.05) is 11.0 Å². The molecule has 0 bridgehead atoms. The number of nitrogens with zero attached hydrogens (tertiary/aromatic N) is 1. The van der Waals surface area contributed by atoms with Gasteiger partial charge in [-0.1, -0.05) is 38.7 Å². The van der Waals surface area contributed by atoms with Crippen LogP contribution in [0.1, 0.15) is 61.2 Å². The van der Waals surface area contributed by atoms with Crippen LogP contribution in [0.25, 0.3) is 5.57 Å². The number of hydrogen-bond acceptors (Lipinski definition) is 4. The maximum atomic E-state index is 14.5. The summed E-state index contributed by atoms with van der Waals surface area (Å²) < 4.78 is 78.8. The summed E-state index contributed by atoms with van der Waals surface area (Å²) in [6.45, 7) is 3.58. The van der Waals surface area contributed by atoms with E-state index in [-0.39, 0.29) is 23.5 Å². The summed E-state index contributed by atoms with van der Waals surface area (Å²) >= 11 is 0. The molecule has 1 aromatic heterocycles. The second-order valence-electron chi connectivity index (χ2n) is 8.09. The standard InChI is InChI=1S/C25H27F4N3O3S/c1-5-8-18(19-10-11-22(25(27,28)29)31-21(19)9-6-2)14-23(33)30-15-16-12-17(7-3)24(20(26)13-16)32-36(4,34)35/h3,10-14,32H,5-6,8-9,15H2,1-2,4H3,(H,30,33)/b18-14+. The molecule has 0 spiro atoms. The van der Waals surface area contributed by atoms with Gasteiger partial charge in [-0.3, -0.25) is 9.52 Å². The molecule has 1 amide bonds. The van der Waals surface area contributed by atoms with Gasteiger partial charge in [-0.2, -0.15) is 13.2 Å². The summed E-state index contributed by atoms with van der Waals surface area (Å²) in [5.74, 6) is 0.772. The van der Waals surface area contributed by atoms with Crippen molar-refractivity contribution in [3.05, 3.63) is 64.2 Å². The number of nitrogens with one attached hydrogen (secondary N) is 2. The highest BCUT2D eigenvalue weighted by Crippen LogP contribution is 2.31. The third kappa shape index (κ3) is 8.09. The first kappa shape index (κ1) is 28.8. The van der Waals surface area contributed by atoms with Gasteiger partial charge in [0.1, 0.15) is 11.5 Å². The average molecular weight is 526 g/mol. The summed E-state index contributed by atoms with van der Waals surface area (Å²) in [5.41, 5.74) is 0.165. The van der Waals surface area contributed by atoms with Crippen molar-refractivity contribution >= 4 is 27.2 Å². The zero-order chi connectivity index (χ0) is 27.1. The molecule has 0 aliphatic rings. The smallest absolute Gasteiger partial charge is 0.348 e. The fourth-order valence-electron chi connectivity index (χ4n) is 3.50. The lowest BCUT2D eigenvalue weighted by Gasteiger charge is -2.15. The zero-order valence-electron chi connectivity index (χ0n) is 20.1. The number of amides is 1. The maximum absolute atomic E-state index is 14.5. The molecule has 0 aliphatic carbocycles. The number of hydrogen-bond donors (Lipinski definition) is 2. The second kappa shape index (κ2) is 12.0. The quantitative estimate of drug-likeness (QED) is 0.258. The van der Waals surface area contributed by atoms with Crippen molar-refractivity contribution in [3.63, 3.8) is 0 Å². The first-order valence-electron chi connectivity index (χ1n) is 11.1. The number of allylic oxidation sites excluding steroid dienone is 1. The van der Waals surface area contributed by atoms with Crippen molar-refractivity contribution < 1.29 is 30.8 Å². The highest BCUT2D eigenvalue weighted by molar-refractivity contribution is 7.92. The van der Waals surface area contributed by atoms with Crippen molar-refractivity contribution in [2.24, 2.45) is 0 Å². The third-order valence-corrected chi connectivity index (χ3v) is 5.56. The van der Waals surface area contributed by atoms with Gasteiger partial charge in [0.15, 0.2) is 0 Å². The van der Waals surface area contributed by atoms with Gasteiger partial charge in [0.2, 0.25) is 15.9 Å². The van der Waals surface area contributed by atoms with E-state index in [0.717, 1.165) is 18.4 Å². The Morgan fingerprint density at radius 1 is 1.19 bits per heavy atom. The minimum absolute atomic E-state index is 0.0353. The van der Waals surface area contributed by atoms with Gasteiger partial charge in [0, 0.05) is 18.3 Å². The van der Waals surface area contributed by atoms with E-state index < -0.39 is 33.6 Å². The van der Waals surface area contributed by atoms with E-state index in [4.69, 9.17) is 6.42 Å². The van der Waals surface area contributed by atoms with Crippen LogP contribution in [0.15, 0.2) is 30.3 Å². The van der Waals surface area contributed by atoms with E-state index in [9.17, 15) is 30.8 Å². The van der Waals surface area contributed by atoms with Crippen molar-refractivity contribution in [1.82, 2.24) is 10.3 Å². The third-order valence-electron chi connectivity index (χ3n) is 4.98. The van der Waals surface area contributed by atoms with Crippen molar-refractivity contribution in [3.8, 4) is 12.3 Å². The van der Waals surface area contributed by atoms with Crippen LogP contribution in [0.3, 0.4) is 0 Å². The molecule has 6 nitrogen and oxygen atoms in total. The average Bonchev–Trinajstić information content (AvgIpc) is 2.77. The zero-order valence-corrected chi connectivity index (χ0v) is 20.9. The lowest BCUT2D eigenvalue weighted by Crippen LogP contribution is -2.21. The van der Waals surface area contributed by atoms with E-state index in [1.165, 1.54) is 18.2 Å². The number of aromatic nitrogens is 1. The Balaban J connectivity index is 2.31. The largest absolute Gasteiger partial charge is 0.433 e. The molecule has 1 heterocycles. The number of benzene rings is 1.